The van der Waals surface area contributed by atoms with Crippen LogP contribution in [-0.2, 0) is 11.3 Å². The van der Waals surface area contributed by atoms with Crippen LogP contribution in [0.25, 0.3) is 5.57 Å². The highest BCUT2D eigenvalue weighted by Crippen LogP contribution is 2.28. The van der Waals surface area contributed by atoms with Crippen molar-refractivity contribution in [1.29, 1.82) is 0 Å². The zero-order valence-corrected chi connectivity index (χ0v) is 19.6. The number of esters is 1. The van der Waals surface area contributed by atoms with Gasteiger partial charge < -0.3 is 14.2 Å². The first kappa shape index (κ1) is 23.6. The van der Waals surface area contributed by atoms with E-state index in [9.17, 15) is 4.79 Å². The van der Waals surface area contributed by atoms with E-state index in [1.165, 1.54) is 0 Å². The summed E-state index contributed by atoms with van der Waals surface area (Å²) in [7, 11) is 3.14. The van der Waals surface area contributed by atoms with Gasteiger partial charge in [0.15, 0.2) is 11.5 Å². The monoisotopic (exact) mass is 463 g/mol. The second-order valence-electron chi connectivity index (χ2n) is 7.61. The molecule has 174 valence electrons. The number of benzene rings is 4. The zero-order chi connectivity index (χ0) is 24.5. The predicted octanol–water partition coefficient (Wildman–Crippen LogP) is 6.49. The SMILES string of the molecule is COc1ccc(COC(=O)c2ccccc2N=C=C(c2ccccc2)c2ccccc2)cc1OC. The molecule has 4 rings (SSSR count). The van der Waals surface area contributed by atoms with E-state index in [0.717, 1.165) is 22.3 Å². The molecule has 0 aliphatic carbocycles. The van der Waals surface area contributed by atoms with Crippen molar-refractivity contribution in [3.63, 3.8) is 0 Å². The van der Waals surface area contributed by atoms with Crippen molar-refractivity contribution in [2.75, 3.05) is 14.2 Å². The van der Waals surface area contributed by atoms with Crippen LogP contribution in [0.2, 0.25) is 0 Å². The van der Waals surface area contributed by atoms with E-state index in [0.29, 0.717) is 22.7 Å². The molecule has 0 unspecified atom stereocenters. The van der Waals surface area contributed by atoms with E-state index < -0.39 is 5.97 Å². The standard InChI is InChI=1S/C30H25NO4/c1-33-28-18-17-22(19-29(28)34-2)21-35-30(32)25-15-9-10-16-27(25)31-20-26(23-11-5-3-6-12-23)24-13-7-4-8-14-24/h3-19H,21H2,1-2H3. The number of ether oxygens (including phenoxy) is 3. The van der Waals surface area contributed by atoms with E-state index in [4.69, 9.17) is 14.2 Å². The number of hydrogen-bond donors (Lipinski definition) is 0. The van der Waals surface area contributed by atoms with Crippen LogP contribution in [0.3, 0.4) is 0 Å². The molecule has 0 saturated heterocycles. The van der Waals surface area contributed by atoms with Gasteiger partial charge in [0, 0.05) is 0 Å². The maximum absolute atomic E-state index is 12.9. The Bertz CT molecular complexity index is 1320. The zero-order valence-electron chi connectivity index (χ0n) is 19.6. The fourth-order valence-electron chi connectivity index (χ4n) is 3.56. The van der Waals surface area contributed by atoms with Crippen LogP contribution in [0, 0.1) is 0 Å². The summed E-state index contributed by atoms with van der Waals surface area (Å²) in [6.45, 7) is 0.0896. The van der Waals surface area contributed by atoms with Crippen LogP contribution >= 0.6 is 0 Å². The van der Waals surface area contributed by atoms with Gasteiger partial charge in [0.1, 0.15) is 6.61 Å². The summed E-state index contributed by atoms with van der Waals surface area (Å²) in [5.41, 5.74) is 4.43. The van der Waals surface area contributed by atoms with Crippen molar-refractivity contribution >= 4 is 23.1 Å². The van der Waals surface area contributed by atoms with Gasteiger partial charge in [-0.25, -0.2) is 9.79 Å². The minimum absolute atomic E-state index is 0.0896. The van der Waals surface area contributed by atoms with Gasteiger partial charge in [0.2, 0.25) is 0 Å². The lowest BCUT2D eigenvalue weighted by molar-refractivity contribution is 0.0473. The van der Waals surface area contributed by atoms with Gasteiger partial charge in [-0.1, -0.05) is 78.9 Å². The number of rotatable bonds is 8. The van der Waals surface area contributed by atoms with E-state index in [2.05, 4.69) is 10.9 Å². The number of nitrogens with zero attached hydrogens (tertiary/aromatic N) is 1. The van der Waals surface area contributed by atoms with Crippen molar-refractivity contribution in [1.82, 2.24) is 0 Å². The summed E-state index contributed by atoms with van der Waals surface area (Å²) in [4.78, 5) is 17.5. The summed E-state index contributed by atoms with van der Waals surface area (Å²) < 4.78 is 16.2. The molecule has 0 bridgehead atoms. The summed E-state index contributed by atoms with van der Waals surface area (Å²) in [5.74, 6) is 3.89. The molecule has 0 aromatic heterocycles. The van der Waals surface area contributed by atoms with Crippen LogP contribution in [0.4, 0.5) is 5.69 Å². The molecule has 0 atom stereocenters. The third-order valence-corrected chi connectivity index (χ3v) is 5.35. The quantitative estimate of drug-likeness (QED) is 0.221. The van der Waals surface area contributed by atoms with Crippen LogP contribution in [-0.4, -0.2) is 26.1 Å². The molecule has 35 heavy (non-hydrogen) atoms. The van der Waals surface area contributed by atoms with Gasteiger partial charge in [-0.05, 0) is 46.8 Å². The average Bonchev–Trinajstić information content (AvgIpc) is 2.93. The molecule has 0 saturated carbocycles. The Morgan fingerprint density at radius 3 is 1.97 bits per heavy atom. The maximum Gasteiger partial charge on any atom is 0.340 e. The predicted molar refractivity (Wildman–Crippen MR) is 138 cm³/mol. The summed E-state index contributed by atoms with van der Waals surface area (Å²) in [6.07, 6.45) is 0. The lowest BCUT2D eigenvalue weighted by Gasteiger charge is -2.10. The Labute approximate surface area is 205 Å². The highest BCUT2D eigenvalue weighted by Gasteiger charge is 2.13. The molecule has 0 amide bonds. The van der Waals surface area contributed by atoms with Crippen molar-refractivity contribution in [3.05, 3.63) is 125 Å². The minimum atomic E-state index is -0.470. The lowest BCUT2D eigenvalue weighted by atomic mass is 9.99. The highest BCUT2D eigenvalue weighted by atomic mass is 16.5. The largest absolute Gasteiger partial charge is 0.493 e. The second-order valence-corrected chi connectivity index (χ2v) is 7.61. The minimum Gasteiger partial charge on any atom is -0.493 e. The number of methoxy groups -OCH3 is 2. The Hall–Kier alpha value is -4.60. The normalized spacial score (nSPS) is 10.1. The Kier molecular flexibility index (Phi) is 7.74. The Balaban J connectivity index is 1.62. The maximum atomic E-state index is 12.9. The van der Waals surface area contributed by atoms with Gasteiger partial charge in [0.05, 0.1) is 31.0 Å². The van der Waals surface area contributed by atoms with Crippen molar-refractivity contribution < 1.29 is 19.0 Å². The topological polar surface area (TPSA) is 57.1 Å². The smallest absolute Gasteiger partial charge is 0.340 e. The molecule has 0 N–H and O–H groups in total. The van der Waals surface area contributed by atoms with Crippen molar-refractivity contribution in [2.45, 2.75) is 6.61 Å². The Morgan fingerprint density at radius 1 is 0.743 bits per heavy atom. The molecule has 0 heterocycles. The van der Waals surface area contributed by atoms with E-state index in [1.807, 2.05) is 72.8 Å². The molecule has 4 aromatic rings. The van der Waals surface area contributed by atoms with E-state index >= 15 is 0 Å². The molecular weight excluding hydrogens is 438 g/mol. The molecular formula is C30H25NO4. The summed E-state index contributed by atoms with van der Waals surface area (Å²) >= 11 is 0. The highest BCUT2D eigenvalue weighted by molar-refractivity contribution is 6.01. The van der Waals surface area contributed by atoms with Gasteiger partial charge in [-0.15, -0.1) is 0 Å². The van der Waals surface area contributed by atoms with Crippen LogP contribution in [0.1, 0.15) is 27.0 Å². The molecule has 5 nitrogen and oxygen atoms in total. The van der Waals surface area contributed by atoms with Crippen molar-refractivity contribution in [3.8, 4) is 11.5 Å². The number of carbonyl (C=O) groups is 1. The fraction of sp³-hybridized carbons (Fsp3) is 0.100. The first-order chi connectivity index (χ1) is 17.2. The average molecular weight is 464 g/mol. The molecule has 0 radical (unpaired) electrons. The molecule has 5 heteroatoms. The number of carbonyl (C=O) groups excluding carboxylic acids is 1. The molecule has 4 aromatic carbocycles. The molecule has 0 fully saturated rings. The lowest BCUT2D eigenvalue weighted by Crippen LogP contribution is -2.06. The summed E-state index contributed by atoms with van der Waals surface area (Å²) in [5, 5.41) is 0. The van der Waals surface area contributed by atoms with Gasteiger partial charge in [-0.3, -0.25) is 0 Å². The van der Waals surface area contributed by atoms with Crippen LogP contribution in [0.15, 0.2) is 108 Å². The van der Waals surface area contributed by atoms with Gasteiger partial charge in [-0.2, -0.15) is 0 Å². The Morgan fingerprint density at radius 2 is 1.34 bits per heavy atom. The second kappa shape index (κ2) is 11.5. The number of para-hydroxylation sites is 1. The van der Waals surface area contributed by atoms with Gasteiger partial charge in [0.25, 0.3) is 0 Å². The first-order valence-corrected chi connectivity index (χ1v) is 11.1. The van der Waals surface area contributed by atoms with E-state index in [-0.39, 0.29) is 6.61 Å². The number of hydrogen-bond acceptors (Lipinski definition) is 5. The molecule has 0 aliphatic heterocycles. The summed E-state index contributed by atoms with van der Waals surface area (Å²) in [6, 6.07) is 32.3. The fourth-order valence-corrected chi connectivity index (χ4v) is 3.56. The van der Waals surface area contributed by atoms with E-state index in [1.54, 1.807) is 44.6 Å². The van der Waals surface area contributed by atoms with Gasteiger partial charge >= 0.3 is 5.97 Å². The molecule has 0 spiro atoms. The first-order valence-electron chi connectivity index (χ1n) is 11.1. The molecule has 0 aliphatic rings. The third kappa shape index (κ3) is 5.85. The van der Waals surface area contributed by atoms with Crippen LogP contribution in [0.5, 0.6) is 11.5 Å². The third-order valence-electron chi connectivity index (χ3n) is 5.35. The van der Waals surface area contributed by atoms with Crippen molar-refractivity contribution in [2.24, 2.45) is 4.99 Å². The number of aliphatic imine (C=N–C) groups is 1. The van der Waals surface area contributed by atoms with Crippen LogP contribution < -0.4 is 9.47 Å².